The van der Waals surface area contributed by atoms with Crippen molar-refractivity contribution in [2.45, 2.75) is 121 Å². The Hall–Kier alpha value is -4.99. The van der Waals surface area contributed by atoms with Crippen molar-refractivity contribution in [3.8, 4) is 0 Å². The molecule has 0 fully saturated rings. The largest absolute Gasteiger partial charge is 0.480 e. The summed E-state index contributed by atoms with van der Waals surface area (Å²) < 4.78 is 0. The van der Waals surface area contributed by atoms with Crippen LogP contribution in [-0.4, -0.2) is 125 Å². The molecular weight excluding hydrogens is 799 g/mol. The fourth-order valence-electron chi connectivity index (χ4n) is 5.92. The van der Waals surface area contributed by atoms with Gasteiger partial charge < -0.3 is 65.0 Å². The van der Waals surface area contributed by atoms with Crippen LogP contribution in [0.3, 0.4) is 0 Å². The zero-order valence-corrected chi connectivity index (χ0v) is 35.9. The number of benzene rings is 1. The van der Waals surface area contributed by atoms with Crippen LogP contribution in [0.15, 0.2) is 35.3 Å². The predicted octanol–water partition coefficient (Wildman–Crippen LogP) is -2.25. The van der Waals surface area contributed by atoms with Crippen LogP contribution in [0.2, 0.25) is 0 Å². The highest BCUT2D eigenvalue weighted by molar-refractivity contribution is 7.80. The molecule has 60 heavy (non-hydrogen) atoms. The lowest BCUT2D eigenvalue weighted by Crippen LogP contribution is -2.60. The summed E-state index contributed by atoms with van der Waals surface area (Å²) in [5.74, 6) is -6.56. The number of hydrogen-bond donors (Lipinski definition) is 13. The number of nitrogens with zero attached hydrogens (tertiary/aromatic N) is 1. The van der Waals surface area contributed by atoms with E-state index in [9.17, 15) is 43.8 Å². The molecule has 0 saturated heterocycles. The SMILES string of the molecule is CC(C)C[C@H](NC(=O)[C@H](CC(C)C)NC(=O)[C@H](CO)NC(=O)[C@H](CCCN=C(N)N)NC(=O)[C@H](CCCCN)NC(=O)[C@@H](N)Cc1ccccc1)C(=O)N[C@@H](CS)C(=O)O. The summed E-state index contributed by atoms with van der Waals surface area (Å²) in [6, 6.07) is 0.371. The van der Waals surface area contributed by atoms with Crippen molar-refractivity contribution in [2.75, 3.05) is 25.4 Å². The first kappa shape index (κ1) is 53.0. The van der Waals surface area contributed by atoms with Gasteiger partial charge in [0.1, 0.15) is 36.3 Å². The molecule has 1 rings (SSSR count). The molecule has 1 aromatic rings. The maximum absolute atomic E-state index is 13.8. The summed E-state index contributed by atoms with van der Waals surface area (Å²) in [5, 5.41) is 34.9. The molecule has 7 atom stereocenters. The third-order valence-corrected chi connectivity index (χ3v) is 9.45. The van der Waals surface area contributed by atoms with Crippen LogP contribution in [0.25, 0.3) is 0 Å². The lowest BCUT2D eigenvalue weighted by molar-refractivity contribution is -0.141. The molecule has 0 aliphatic heterocycles. The zero-order valence-electron chi connectivity index (χ0n) is 35.0. The quantitative estimate of drug-likeness (QED) is 0.0175. The van der Waals surface area contributed by atoms with Crippen molar-refractivity contribution in [2.24, 2.45) is 39.8 Å². The Bertz CT molecular complexity index is 1560. The summed E-state index contributed by atoms with van der Waals surface area (Å²) in [4.78, 5) is 96.4. The van der Waals surface area contributed by atoms with E-state index in [1.54, 1.807) is 27.7 Å². The van der Waals surface area contributed by atoms with Crippen LogP contribution < -0.4 is 54.8 Å². The first-order valence-electron chi connectivity index (χ1n) is 20.1. The van der Waals surface area contributed by atoms with Gasteiger partial charge in [0, 0.05) is 12.3 Å². The van der Waals surface area contributed by atoms with Gasteiger partial charge in [-0.1, -0.05) is 58.0 Å². The molecule has 20 nitrogen and oxygen atoms in total. The van der Waals surface area contributed by atoms with E-state index in [2.05, 4.69) is 49.5 Å². The number of rotatable bonds is 29. The minimum absolute atomic E-state index is 0.0290. The number of guanidine groups is 1. The van der Waals surface area contributed by atoms with Gasteiger partial charge >= 0.3 is 5.97 Å². The molecule has 0 radical (unpaired) electrons. The number of hydrogen-bond acceptors (Lipinski definition) is 12. The van der Waals surface area contributed by atoms with E-state index in [1.807, 2.05) is 30.3 Å². The number of nitrogens with two attached hydrogens (primary N) is 4. The van der Waals surface area contributed by atoms with Crippen molar-refractivity contribution in [3.63, 3.8) is 0 Å². The van der Waals surface area contributed by atoms with Gasteiger partial charge in [-0.2, -0.15) is 12.6 Å². The number of thiol groups is 1. The molecule has 0 aromatic heterocycles. The van der Waals surface area contributed by atoms with E-state index >= 15 is 0 Å². The smallest absolute Gasteiger partial charge is 0.327 e. The van der Waals surface area contributed by atoms with Crippen molar-refractivity contribution in [1.82, 2.24) is 31.9 Å². The third-order valence-electron chi connectivity index (χ3n) is 9.09. The number of aliphatic hydroxyl groups is 1. The van der Waals surface area contributed by atoms with Gasteiger partial charge in [0.2, 0.25) is 35.4 Å². The number of carbonyl (C=O) groups excluding carboxylic acids is 6. The Morgan fingerprint density at radius 2 is 1.08 bits per heavy atom. The molecule has 6 amide bonds. The number of carboxylic acids is 1. The van der Waals surface area contributed by atoms with E-state index in [0.717, 1.165) is 5.56 Å². The molecule has 0 unspecified atom stereocenters. The summed E-state index contributed by atoms with van der Waals surface area (Å²) in [6.07, 6.45) is 1.79. The minimum Gasteiger partial charge on any atom is -0.480 e. The van der Waals surface area contributed by atoms with Gasteiger partial charge in [-0.05, 0) is 75.3 Å². The molecule has 0 aliphatic carbocycles. The standard InChI is InChI=1S/C39H67N11O9S/c1-22(2)17-28(35(55)47-29(18-23(3)4)36(56)50-31(21-60)38(58)59)48-37(57)30(20-51)49-34(54)27(14-10-16-44-39(42)43)46-33(53)26(13-8-9-15-40)45-32(52)25(41)19-24-11-6-5-7-12-24/h5-7,11-12,22-23,25-31,51,60H,8-10,13-21,40-41H2,1-4H3,(H,45,52)(H,46,53)(H,47,55)(H,48,57)(H,49,54)(H,50,56)(H,58,59)(H4,42,43,44)/t25-,26-,27-,28-,29-,30-,31-/m0/s1. The molecule has 0 saturated carbocycles. The maximum Gasteiger partial charge on any atom is 0.327 e. The molecule has 0 spiro atoms. The van der Waals surface area contributed by atoms with Crippen molar-refractivity contribution in [1.29, 1.82) is 0 Å². The van der Waals surface area contributed by atoms with E-state index in [4.69, 9.17) is 22.9 Å². The Morgan fingerprint density at radius 3 is 1.53 bits per heavy atom. The monoisotopic (exact) mass is 865 g/mol. The van der Waals surface area contributed by atoms with Gasteiger partial charge in [-0.3, -0.25) is 33.8 Å². The fraction of sp³-hybridized carbons (Fsp3) is 0.641. The van der Waals surface area contributed by atoms with Crippen molar-refractivity contribution in [3.05, 3.63) is 35.9 Å². The second-order valence-electron chi connectivity index (χ2n) is 15.4. The maximum atomic E-state index is 13.8. The Balaban J connectivity index is 3.27. The van der Waals surface area contributed by atoms with E-state index in [1.165, 1.54) is 0 Å². The molecule has 338 valence electrons. The van der Waals surface area contributed by atoms with Crippen LogP contribution in [-0.2, 0) is 40.0 Å². The number of carbonyl (C=O) groups is 7. The second kappa shape index (κ2) is 28.5. The lowest BCUT2D eigenvalue weighted by Gasteiger charge is -2.28. The van der Waals surface area contributed by atoms with E-state index < -0.39 is 90.3 Å². The number of nitrogens with one attached hydrogen (secondary N) is 6. The lowest BCUT2D eigenvalue weighted by atomic mass is 9.99. The summed E-state index contributed by atoms with van der Waals surface area (Å²) >= 11 is 3.97. The Kier molecular flexibility index (Phi) is 25.2. The third kappa shape index (κ3) is 20.8. The number of aliphatic hydroxyl groups excluding tert-OH is 1. The summed E-state index contributed by atoms with van der Waals surface area (Å²) in [6.45, 7) is 6.71. The highest BCUT2D eigenvalue weighted by Gasteiger charge is 2.34. The normalized spacial score (nSPS) is 14.6. The van der Waals surface area contributed by atoms with Crippen molar-refractivity contribution >= 4 is 60.0 Å². The number of amides is 6. The number of aliphatic carboxylic acids is 1. The van der Waals surface area contributed by atoms with Gasteiger partial charge in [0.15, 0.2) is 5.96 Å². The molecule has 0 aliphatic rings. The first-order valence-corrected chi connectivity index (χ1v) is 20.8. The molecule has 0 bridgehead atoms. The average Bonchev–Trinajstić information content (AvgIpc) is 3.18. The number of unbranched alkanes of at least 4 members (excludes halogenated alkanes) is 1. The molecular formula is C39H67N11O9S. The Labute approximate surface area is 357 Å². The van der Waals surface area contributed by atoms with Crippen LogP contribution in [0.4, 0.5) is 0 Å². The molecule has 1 aromatic carbocycles. The molecule has 16 N–H and O–H groups in total. The van der Waals surface area contributed by atoms with Crippen LogP contribution in [0.5, 0.6) is 0 Å². The van der Waals surface area contributed by atoms with Crippen LogP contribution >= 0.6 is 12.6 Å². The summed E-state index contributed by atoms with van der Waals surface area (Å²) in [7, 11) is 0. The average molecular weight is 866 g/mol. The summed E-state index contributed by atoms with van der Waals surface area (Å²) in [5.41, 5.74) is 23.6. The highest BCUT2D eigenvalue weighted by atomic mass is 32.1. The minimum atomic E-state index is -1.60. The predicted molar refractivity (Wildman–Crippen MR) is 230 cm³/mol. The molecule has 21 heteroatoms. The molecule has 0 heterocycles. The van der Waals surface area contributed by atoms with Crippen LogP contribution in [0, 0.1) is 11.8 Å². The first-order chi connectivity index (χ1) is 28.3. The van der Waals surface area contributed by atoms with Gasteiger partial charge in [0.05, 0.1) is 12.6 Å². The van der Waals surface area contributed by atoms with E-state index in [-0.39, 0.29) is 68.6 Å². The van der Waals surface area contributed by atoms with Gasteiger partial charge in [-0.15, -0.1) is 0 Å². The Morgan fingerprint density at radius 1 is 0.650 bits per heavy atom. The van der Waals surface area contributed by atoms with Crippen LogP contribution in [0.1, 0.15) is 78.2 Å². The number of aliphatic imine (C=N–C) groups is 1. The van der Waals surface area contributed by atoms with Gasteiger partial charge in [0.25, 0.3) is 0 Å². The van der Waals surface area contributed by atoms with Gasteiger partial charge in [-0.25, -0.2) is 4.79 Å². The number of carboxylic acid groups (broad SMARTS) is 1. The second-order valence-corrected chi connectivity index (χ2v) is 15.7. The van der Waals surface area contributed by atoms with E-state index in [0.29, 0.717) is 19.4 Å². The van der Waals surface area contributed by atoms with Crippen molar-refractivity contribution < 1.29 is 43.8 Å². The zero-order chi connectivity index (χ0) is 45.4. The fourth-order valence-corrected chi connectivity index (χ4v) is 6.17. The topological polar surface area (TPSA) is 349 Å². The highest BCUT2D eigenvalue weighted by Crippen LogP contribution is 2.11.